The summed E-state index contributed by atoms with van der Waals surface area (Å²) in [5.74, 6) is 0.981. The largest absolute Gasteiger partial charge is 0.497 e. The van der Waals surface area contributed by atoms with Crippen molar-refractivity contribution in [3.05, 3.63) is 29.8 Å². The molecule has 1 aliphatic heterocycles. The summed E-state index contributed by atoms with van der Waals surface area (Å²) in [6, 6.07) is 7.61. The third kappa shape index (κ3) is 2.61. The predicted molar refractivity (Wildman–Crippen MR) is 66.1 cm³/mol. The van der Waals surface area contributed by atoms with Crippen LogP contribution < -0.4 is 4.74 Å². The molecular formula is C14H20O3. The Bertz CT molecular complexity index is 350. The lowest BCUT2D eigenvalue weighted by Gasteiger charge is -2.35. The van der Waals surface area contributed by atoms with Crippen molar-refractivity contribution in [2.75, 3.05) is 20.3 Å². The van der Waals surface area contributed by atoms with Crippen molar-refractivity contribution in [3.63, 3.8) is 0 Å². The van der Waals surface area contributed by atoms with E-state index in [1.54, 1.807) is 7.11 Å². The van der Waals surface area contributed by atoms with Gasteiger partial charge in [-0.15, -0.1) is 0 Å². The molecule has 0 saturated carbocycles. The third-order valence-corrected chi connectivity index (χ3v) is 3.63. The van der Waals surface area contributed by atoms with E-state index in [2.05, 4.69) is 0 Å². The van der Waals surface area contributed by atoms with E-state index in [1.165, 1.54) is 0 Å². The molecule has 2 rings (SSSR count). The third-order valence-electron chi connectivity index (χ3n) is 3.63. The quantitative estimate of drug-likeness (QED) is 0.875. The molecule has 1 aromatic carbocycles. The first kappa shape index (κ1) is 12.4. The molecule has 0 aliphatic carbocycles. The Balaban J connectivity index is 2.17. The molecule has 0 bridgehead atoms. The van der Waals surface area contributed by atoms with Gasteiger partial charge in [-0.3, -0.25) is 0 Å². The summed E-state index contributed by atoms with van der Waals surface area (Å²) in [6.45, 7) is 3.32. The Morgan fingerprint density at radius 3 is 2.59 bits per heavy atom. The second-order valence-corrected chi connectivity index (χ2v) is 4.79. The van der Waals surface area contributed by atoms with Gasteiger partial charge in [0.15, 0.2) is 0 Å². The summed E-state index contributed by atoms with van der Waals surface area (Å²) in [5.41, 5.74) is 0.0981. The van der Waals surface area contributed by atoms with Gasteiger partial charge < -0.3 is 14.6 Å². The average molecular weight is 236 g/mol. The molecule has 0 spiro atoms. The zero-order valence-electron chi connectivity index (χ0n) is 10.5. The van der Waals surface area contributed by atoms with E-state index in [9.17, 15) is 5.11 Å². The number of ether oxygens (including phenoxy) is 2. The summed E-state index contributed by atoms with van der Waals surface area (Å²) >= 11 is 0. The molecule has 1 aromatic rings. The summed E-state index contributed by atoms with van der Waals surface area (Å²) in [4.78, 5) is 0. The monoisotopic (exact) mass is 236 g/mol. The normalized spacial score (nSPS) is 24.1. The molecular weight excluding hydrogens is 216 g/mol. The highest BCUT2D eigenvalue weighted by atomic mass is 16.5. The van der Waals surface area contributed by atoms with E-state index in [0.29, 0.717) is 6.61 Å². The van der Waals surface area contributed by atoms with Crippen LogP contribution in [0.25, 0.3) is 0 Å². The van der Waals surface area contributed by atoms with Crippen molar-refractivity contribution in [2.45, 2.75) is 25.4 Å². The molecule has 0 aromatic heterocycles. The van der Waals surface area contributed by atoms with E-state index in [4.69, 9.17) is 9.47 Å². The molecule has 3 nitrogen and oxygen atoms in total. The molecule has 1 N–H and O–H groups in total. The zero-order valence-corrected chi connectivity index (χ0v) is 10.5. The fraction of sp³-hybridized carbons (Fsp3) is 0.571. The minimum Gasteiger partial charge on any atom is -0.497 e. The molecule has 0 amide bonds. The van der Waals surface area contributed by atoms with Gasteiger partial charge in [0.25, 0.3) is 0 Å². The predicted octanol–water partition coefficient (Wildman–Crippen LogP) is 2.33. The number of rotatable bonds is 3. The Morgan fingerprint density at radius 2 is 2.06 bits per heavy atom. The second-order valence-electron chi connectivity index (χ2n) is 4.79. The van der Waals surface area contributed by atoms with Crippen molar-refractivity contribution < 1.29 is 14.6 Å². The van der Waals surface area contributed by atoms with E-state index in [0.717, 1.165) is 30.8 Å². The van der Waals surface area contributed by atoms with Gasteiger partial charge in [-0.25, -0.2) is 0 Å². The highest BCUT2D eigenvalue weighted by molar-refractivity contribution is 5.31. The Kier molecular flexibility index (Phi) is 3.69. The molecule has 2 atom stereocenters. The van der Waals surface area contributed by atoms with Gasteiger partial charge in [-0.2, -0.15) is 0 Å². The fourth-order valence-corrected chi connectivity index (χ4v) is 2.35. The van der Waals surface area contributed by atoms with Crippen LogP contribution in [0.2, 0.25) is 0 Å². The number of methoxy groups -OCH3 is 1. The Morgan fingerprint density at radius 1 is 1.35 bits per heavy atom. The lowest BCUT2D eigenvalue weighted by atomic mass is 9.80. The number of aliphatic hydroxyl groups is 1. The van der Waals surface area contributed by atoms with Crippen molar-refractivity contribution in [1.82, 2.24) is 0 Å². The molecule has 0 radical (unpaired) electrons. The standard InChI is InChI=1S/C14H20O3/c1-14(15,12-4-3-9-17-10-12)11-5-7-13(16-2)8-6-11/h5-8,12,15H,3-4,9-10H2,1-2H3. The molecule has 1 heterocycles. The van der Waals surface area contributed by atoms with E-state index in [1.807, 2.05) is 31.2 Å². The van der Waals surface area contributed by atoms with Gasteiger partial charge in [0.2, 0.25) is 0 Å². The maximum atomic E-state index is 10.7. The summed E-state index contributed by atoms with van der Waals surface area (Å²) in [5, 5.41) is 10.7. The van der Waals surface area contributed by atoms with Crippen LogP contribution in [0.1, 0.15) is 25.3 Å². The SMILES string of the molecule is COc1ccc(C(C)(O)C2CCCOC2)cc1. The lowest BCUT2D eigenvalue weighted by molar-refractivity contribution is -0.0723. The van der Waals surface area contributed by atoms with Crippen LogP contribution in [0, 0.1) is 5.92 Å². The van der Waals surface area contributed by atoms with Gasteiger partial charge in [-0.05, 0) is 37.5 Å². The average Bonchev–Trinajstić information content (AvgIpc) is 2.40. The van der Waals surface area contributed by atoms with Gasteiger partial charge in [0.1, 0.15) is 5.75 Å². The maximum absolute atomic E-state index is 10.7. The van der Waals surface area contributed by atoms with E-state index >= 15 is 0 Å². The fourth-order valence-electron chi connectivity index (χ4n) is 2.35. The Hall–Kier alpha value is -1.06. The van der Waals surface area contributed by atoms with Gasteiger partial charge in [-0.1, -0.05) is 12.1 Å². The van der Waals surface area contributed by atoms with Crippen molar-refractivity contribution in [1.29, 1.82) is 0 Å². The molecule has 2 unspecified atom stereocenters. The van der Waals surface area contributed by atoms with Crippen LogP contribution in [-0.4, -0.2) is 25.4 Å². The van der Waals surface area contributed by atoms with Gasteiger partial charge in [0, 0.05) is 12.5 Å². The highest BCUT2D eigenvalue weighted by Gasteiger charge is 2.34. The lowest BCUT2D eigenvalue weighted by Crippen LogP contribution is -2.37. The zero-order chi connectivity index (χ0) is 12.3. The number of benzene rings is 1. The van der Waals surface area contributed by atoms with Crippen molar-refractivity contribution in [2.24, 2.45) is 5.92 Å². The van der Waals surface area contributed by atoms with Gasteiger partial charge >= 0.3 is 0 Å². The van der Waals surface area contributed by atoms with E-state index in [-0.39, 0.29) is 5.92 Å². The highest BCUT2D eigenvalue weighted by Crippen LogP contribution is 2.35. The van der Waals surface area contributed by atoms with Crippen LogP contribution in [-0.2, 0) is 10.3 Å². The molecule has 17 heavy (non-hydrogen) atoms. The van der Waals surface area contributed by atoms with Gasteiger partial charge in [0.05, 0.1) is 19.3 Å². The van der Waals surface area contributed by atoms with Crippen LogP contribution >= 0.6 is 0 Å². The minimum absolute atomic E-state index is 0.171. The molecule has 1 saturated heterocycles. The number of hydrogen-bond acceptors (Lipinski definition) is 3. The topological polar surface area (TPSA) is 38.7 Å². The van der Waals surface area contributed by atoms with Crippen molar-refractivity contribution in [3.8, 4) is 5.75 Å². The maximum Gasteiger partial charge on any atom is 0.118 e. The first-order chi connectivity index (χ1) is 8.14. The van der Waals surface area contributed by atoms with Crippen molar-refractivity contribution >= 4 is 0 Å². The van der Waals surface area contributed by atoms with E-state index < -0.39 is 5.60 Å². The summed E-state index contributed by atoms with van der Waals surface area (Å²) in [6.07, 6.45) is 2.04. The van der Waals surface area contributed by atoms with Crippen LogP contribution in [0.4, 0.5) is 0 Å². The Labute approximate surface area is 102 Å². The first-order valence-electron chi connectivity index (χ1n) is 6.09. The summed E-state index contributed by atoms with van der Waals surface area (Å²) in [7, 11) is 1.64. The van der Waals surface area contributed by atoms with Crippen LogP contribution in [0.3, 0.4) is 0 Å². The second kappa shape index (κ2) is 5.07. The molecule has 1 fully saturated rings. The minimum atomic E-state index is -0.827. The number of hydrogen-bond donors (Lipinski definition) is 1. The molecule has 1 aliphatic rings. The first-order valence-corrected chi connectivity index (χ1v) is 6.09. The smallest absolute Gasteiger partial charge is 0.118 e. The molecule has 94 valence electrons. The molecule has 3 heteroatoms. The summed E-state index contributed by atoms with van der Waals surface area (Å²) < 4.78 is 10.6. The van der Waals surface area contributed by atoms with Crippen LogP contribution in [0.15, 0.2) is 24.3 Å². The van der Waals surface area contributed by atoms with Crippen LogP contribution in [0.5, 0.6) is 5.75 Å².